The van der Waals surface area contributed by atoms with Crippen molar-refractivity contribution in [2.75, 3.05) is 6.61 Å². The topological polar surface area (TPSA) is 377 Å². The summed E-state index contributed by atoms with van der Waals surface area (Å²) in [6.07, 6.45) is -12.1. The first-order valence-corrected chi connectivity index (χ1v) is 16.5. The molecule has 22 heteroatoms. The zero-order valence-corrected chi connectivity index (χ0v) is 28.5. The Morgan fingerprint density at radius 3 is 1.57 bits per heavy atom. The van der Waals surface area contributed by atoms with E-state index >= 15 is 0 Å². The third kappa shape index (κ3) is 5.08. The highest BCUT2D eigenvalue weighted by Gasteiger charge is 2.51. The first-order valence-electron chi connectivity index (χ1n) is 16.5. The van der Waals surface area contributed by atoms with Crippen LogP contribution in [-0.2, 0) is 18.9 Å². The third-order valence-electron chi connectivity index (χ3n) is 10.2. The van der Waals surface area contributed by atoms with Crippen LogP contribution in [0.4, 0.5) is 0 Å². The summed E-state index contributed by atoms with van der Waals surface area (Å²) in [5.41, 5.74) is -7.67. The molecule has 300 valence electrons. The van der Waals surface area contributed by atoms with Crippen molar-refractivity contribution in [1.29, 1.82) is 0 Å². The number of carbonyl (C=O) groups excluding carboxylic acids is 5. The Bertz CT molecular complexity index is 2600. The van der Waals surface area contributed by atoms with Gasteiger partial charge in [0.1, 0.15) is 24.6 Å². The van der Waals surface area contributed by atoms with Crippen LogP contribution in [0, 0.1) is 0 Å². The van der Waals surface area contributed by atoms with Gasteiger partial charge in [-0.1, -0.05) is 0 Å². The molecule has 1 amide bonds. The molecule has 58 heavy (non-hydrogen) atoms. The van der Waals surface area contributed by atoms with Crippen LogP contribution in [0.25, 0.3) is 11.1 Å². The number of ether oxygens (including phenoxy) is 4. The first kappa shape index (κ1) is 37.1. The molecular formula is C36H25NO21. The van der Waals surface area contributed by atoms with Crippen molar-refractivity contribution in [3.05, 3.63) is 68.8 Å². The van der Waals surface area contributed by atoms with Gasteiger partial charge in [-0.2, -0.15) is 0 Å². The lowest BCUT2D eigenvalue weighted by molar-refractivity contribution is -0.146. The molecule has 0 saturated heterocycles. The molecule has 0 saturated carbocycles. The first-order chi connectivity index (χ1) is 27.3. The molecule has 13 N–H and O–H groups in total. The van der Waals surface area contributed by atoms with Crippen LogP contribution < -0.4 is 5.32 Å². The van der Waals surface area contributed by atoms with Crippen molar-refractivity contribution >= 4 is 29.8 Å². The van der Waals surface area contributed by atoms with Gasteiger partial charge in [0, 0.05) is 27.8 Å². The van der Waals surface area contributed by atoms with Crippen LogP contribution in [0.1, 0.15) is 80.6 Å². The van der Waals surface area contributed by atoms with E-state index in [1.54, 1.807) is 0 Å². The summed E-state index contributed by atoms with van der Waals surface area (Å²) in [6.45, 7) is -1.32. The smallest absolute Gasteiger partial charge is 0.339 e. The Labute approximate surface area is 319 Å². The normalized spacial score (nSPS) is 23.4. The summed E-state index contributed by atoms with van der Waals surface area (Å²) in [5.74, 6) is -19.8. The van der Waals surface area contributed by atoms with Gasteiger partial charge in [0.15, 0.2) is 52.8 Å². The number of benzene rings is 4. The molecule has 22 nitrogen and oxygen atoms in total. The van der Waals surface area contributed by atoms with Gasteiger partial charge in [-0.25, -0.2) is 19.2 Å². The summed E-state index contributed by atoms with van der Waals surface area (Å²) >= 11 is 0. The maximum Gasteiger partial charge on any atom is 0.339 e. The zero-order valence-electron chi connectivity index (χ0n) is 28.5. The monoisotopic (exact) mass is 807 g/mol. The van der Waals surface area contributed by atoms with E-state index in [0.29, 0.717) is 18.2 Å². The predicted octanol–water partition coefficient (Wildman–Crippen LogP) is 0.111. The standard InChI is InChI=1S/C36H25NO21/c38-11-2-8-15(25(45)21(11)41)16-9(3-12(39)22(42)26(16)46)36(54)57-30-14(5-55-33(8)51)56-34(52)10-4-13(40)23(43)27(47)18(10)20-17-6(32(50)37-20)1-7-19(24(17)44)31(58-35(7)53)29(49)28(30)48/h1-4,14,20,28-31,38-49H,5H2,(H,37,50). The van der Waals surface area contributed by atoms with E-state index in [4.69, 9.17) is 18.9 Å². The van der Waals surface area contributed by atoms with Crippen LogP contribution in [-0.4, -0.2) is 122 Å². The Balaban J connectivity index is 1.39. The highest BCUT2D eigenvalue weighted by atomic mass is 16.6. The fourth-order valence-corrected chi connectivity index (χ4v) is 7.41. The van der Waals surface area contributed by atoms with Crippen molar-refractivity contribution < 1.29 is 104 Å². The van der Waals surface area contributed by atoms with Crippen molar-refractivity contribution in [2.24, 2.45) is 0 Å². The van der Waals surface area contributed by atoms with Crippen LogP contribution in [0.5, 0.6) is 57.5 Å². The number of nitrogens with one attached hydrogen (secondary N) is 1. The lowest BCUT2D eigenvalue weighted by atomic mass is 9.87. The molecule has 4 aliphatic heterocycles. The number of phenolic OH excluding ortho intramolecular Hbond substituents is 10. The summed E-state index contributed by atoms with van der Waals surface area (Å²) in [4.78, 5) is 68.4. The van der Waals surface area contributed by atoms with E-state index in [1.807, 2.05) is 0 Å². The van der Waals surface area contributed by atoms with Crippen LogP contribution in [0.15, 0.2) is 24.3 Å². The number of phenols is 10. The largest absolute Gasteiger partial charge is 0.507 e. The Morgan fingerprint density at radius 1 is 0.483 bits per heavy atom. The fourth-order valence-electron chi connectivity index (χ4n) is 7.41. The van der Waals surface area contributed by atoms with Gasteiger partial charge < -0.3 is 85.5 Å². The molecule has 4 heterocycles. The summed E-state index contributed by atoms with van der Waals surface area (Å²) in [5, 5.41) is 133. The average Bonchev–Trinajstić information content (AvgIpc) is 3.70. The van der Waals surface area contributed by atoms with Gasteiger partial charge >= 0.3 is 23.9 Å². The summed E-state index contributed by atoms with van der Waals surface area (Å²) in [7, 11) is 0. The molecule has 0 radical (unpaired) electrons. The number of hydrogen-bond acceptors (Lipinski definition) is 21. The van der Waals surface area contributed by atoms with E-state index in [1.165, 1.54) is 0 Å². The third-order valence-corrected chi connectivity index (χ3v) is 10.2. The highest BCUT2D eigenvalue weighted by molar-refractivity contribution is 6.09. The van der Waals surface area contributed by atoms with Crippen molar-refractivity contribution in [3.8, 4) is 68.6 Å². The van der Waals surface area contributed by atoms with Crippen LogP contribution >= 0.6 is 0 Å². The molecule has 8 rings (SSSR count). The predicted molar refractivity (Wildman–Crippen MR) is 180 cm³/mol. The van der Waals surface area contributed by atoms with Gasteiger partial charge in [-0.15, -0.1) is 0 Å². The minimum absolute atomic E-state index is 0.414. The maximum absolute atomic E-state index is 14.2. The van der Waals surface area contributed by atoms with Crippen LogP contribution in [0.3, 0.4) is 0 Å². The molecule has 4 aromatic carbocycles. The lowest BCUT2D eigenvalue weighted by Gasteiger charge is -2.33. The molecule has 4 aliphatic rings. The highest BCUT2D eigenvalue weighted by Crippen LogP contribution is 2.54. The number of carbonyl (C=O) groups is 5. The molecule has 0 aromatic heterocycles. The van der Waals surface area contributed by atoms with Gasteiger partial charge in [0.2, 0.25) is 17.2 Å². The number of rotatable bonds is 0. The summed E-state index contributed by atoms with van der Waals surface area (Å²) < 4.78 is 21.6. The minimum Gasteiger partial charge on any atom is -0.507 e. The lowest BCUT2D eigenvalue weighted by Crippen LogP contribution is -2.52. The number of fused-ring (bicyclic) bond motifs is 6. The Kier molecular flexibility index (Phi) is 8.05. The van der Waals surface area contributed by atoms with E-state index in [9.17, 15) is 85.3 Å². The van der Waals surface area contributed by atoms with Gasteiger partial charge in [0.25, 0.3) is 5.91 Å². The van der Waals surface area contributed by atoms with Crippen molar-refractivity contribution in [3.63, 3.8) is 0 Å². The number of aliphatic hydroxyl groups excluding tert-OH is 2. The molecule has 0 fully saturated rings. The Morgan fingerprint density at radius 2 is 0.966 bits per heavy atom. The molecule has 0 aliphatic carbocycles. The molecule has 6 atom stereocenters. The average molecular weight is 808 g/mol. The SMILES string of the molecule is O=C1OCC2OC(=O)c3cc(O)c(O)c(O)c3C3NC(=O)c4cc5c(c(O)c43)C(OC5=O)C(O)C(O)C2OC(=O)c2cc(O)c(O)c(O)c2-c2c1cc(O)c(O)c2O. The number of esters is 4. The number of aromatic hydroxyl groups is 10. The number of aliphatic hydroxyl groups is 2. The van der Waals surface area contributed by atoms with E-state index in [0.717, 1.165) is 6.07 Å². The number of amides is 1. The number of cyclic esters (lactones) is 1. The molecule has 0 spiro atoms. The zero-order chi connectivity index (χ0) is 42.0. The van der Waals surface area contributed by atoms with E-state index < -0.39 is 186 Å². The van der Waals surface area contributed by atoms with E-state index in [2.05, 4.69) is 5.32 Å². The number of hydrogen-bond donors (Lipinski definition) is 13. The maximum atomic E-state index is 14.2. The molecule has 2 bridgehead atoms. The minimum atomic E-state index is -2.64. The Hall–Kier alpha value is -7.85. The van der Waals surface area contributed by atoms with E-state index in [-0.39, 0.29) is 0 Å². The van der Waals surface area contributed by atoms with Crippen molar-refractivity contribution in [2.45, 2.75) is 36.6 Å². The molecular weight excluding hydrogens is 782 g/mol. The second kappa shape index (κ2) is 12.6. The molecule has 4 aromatic rings. The second-order valence-electron chi connectivity index (χ2n) is 13.4. The molecule has 6 unspecified atom stereocenters. The van der Waals surface area contributed by atoms with Crippen LogP contribution in [0.2, 0.25) is 0 Å². The van der Waals surface area contributed by atoms with Gasteiger partial charge in [-0.3, -0.25) is 4.79 Å². The van der Waals surface area contributed by atoms with Gasteiger partial charge in [0.05, 0.1) is 33.9 Å². The fraction of sp³-hybridized carbons (Fsp3) is 0.194. The van der Waals surface area contributed by atoms with Gasteiger partial charge in [-0.05, 0) is 24.3 Å². The summed E-state index contributed by atoms with van der Waals surface area (Å²) in [6, 6.07) is 0.601. The quantitative estimate of drug-likeness (QED) is 0.0637. The van der Waals surface area contributed by atoms with Crippen molar-refractivity contribution in [1.82, 2.24) is 5.32 Å². The second-order valence-corrected chi connectivity index (χ2v) is 13.4.